The summed E-state index contributed by atoms with van der Waals surface area (Å²) in [5.74, 6) is -2.98. The van der Waals surface area contributed by atoms with Gasteiger partial charge in [-0.1, -0.05) is 12.2 Å². The Balaban J connectivity index is 0.000000450. The van der Waals surface area contributed by atoms with Crippen LogP contribution in [0.2, 0.25) is 0 Å². The maximum Gasteiger partial charge on any atom is 0.414 e. The van der Waals surface area contributed by atoms with Crippen LogP contribution in [0.4, 0.5) is 0 Å². The van der Waals surface area contributed by atoms with Crippen molar-refractivity contribution in [3.63, 3.8) is 0 Å². The number of rotatable bonds is 4. The minimum absolute atomic E-state index is 0.152. The van der Waals surface area contributed by atoms with Crippen molar-refractivity contribution < 1.29 is 24.5 Å². The molecule has 0 aromatic carbocycles. The molecule has 8 nitrogen and oxygen atoms in total. The summed E-state index contributed by atoms with van der Waals surface area (Å²) in [6.45, 7) is 1.89. The van der Waals surface area contributed by atoms with Crippen molar-refractivity contribution >= 4 is 29.1 Å². The zero-order valence-electron chi connectivity index (χ0n) is 14.5. The number of hydrogen-bond acceptors (Lipinski definition) is 6. The molecule has 0 bridgehead atoms. The fourth-order valence-electron chi connectivity index (χ4n) is 2.22. The van der Waals surface area contributed by atoms with E-state index in [1.807, 2.05) is 19.2 Å². The first-order chi connectivity index (χ1) is 11.7. The molecule has 0 saturated carbocycles. The van der Waals surface area contributed by atoms with Crippen molar-refractivity contribution in [2.75, 3.05) is 34.2 Å². The van der Waals surface area contributed by atoms with E-state index in [1.165, 1.54) is 0 Å². The van der Waals surface area contributed by atoms with Crippen LogP contribution in [-0.2, 0) is 9.59 Å². The van der Waals surface area contributed by atoms with Gasteiger partial charge in [0.2, 0.25) is 5.88 Å². The second-order valence-corrected chi connectivity index (χ2v) is 6.22. The number of hydrogen-bond donors (Lipinski definition) is 2. The molecule has 25 heavy (non-hydrogen) atoms. The van der Waals surface area contributed by atoms with Gasteiger partial charge in [-0.3, -0.25) is 0 Å². The highest BCUT2D eigenvalue weighted by atomic mass is 32.1. The van der Waals surface area contributed by atoms with E-state index in [1.54, 1.807) is 6.20 Å². The van der Waals surface area contributed by atoms with Gasteiger partial charge < -0.3 is 24.7 Å². The number of carboxylic acid groups (broad SMARTS) is 2. The Morgan fingerprint density at radius 3 is 2.60 bits per heavy atom. The molecule has 1 unspecified atom stereocenters. The number of ether oxygens (including phenoxy) is 1. The SMILES string of the molecule is CN(C)CCCC1CN(C)C(=S)c2cccnc2O1.O=C(O)C(=O)O. The van der Waals surface area contributed by atoms with E-state index in [2.05, 4.69) is 28.9 Å². The van der Waals surface area contributed by atoms with Crippen LogP contribution in [0, 0.1) is 0 Å². The molecule has 1 aliphatic rings. The van der Waals surface area contributed by atoms with E-state index in [4.69, 9.17) is 36.8 Å². The molecule has 0 aliphatic carbocycles. The summed E-state index contributed by atoms with van der Waals surface area (Å²) >= 11 is 5.47. The molecule has 1 aromatic rings. The lowest BCUT2D eigenvalue weighted by atomic mass is 10.2. The normalized spacial score (nSPS) is 16.2. The number of carboxylic acids is 2. The van der Waals surface area contributed by atoms with Crippen molar-refractivity contribution in [3.05, 3.63) is 23.9 Å². The van der Waals surface area contributed by atoms with Gasteiger partial charge in [-0.05, 0) is 45.6 Å². The van der Waals surface area contributed by atoms with Gasteiger partial charge in [-0.15, -0.1) is 0 Å². The molecular formula is C16H23N3O5S. The highest BCUT2D eigenvalue weighted by molar-refractivity contribution is 7.80. The van der Waals surface area contributed by atoms with E-state index >= 15 is 0 Å². The summed E-state index contributed by atoms with van der Waals surface area (Å²) < 4.78 is 6.02. The lowest BCUT2D eigenvalue weighted by Gasteiger charge is -2.22. The molecule has 0 radical (unpaired) electrons. The maximum absolute atomic E-state index is 9.10. The van der Waals surface area contributed by atoms with Gasteiger partial charge in [0.1, 0.15) is 11.1 Å². The fraction of sp³-hybridized carbons (Fsp3) is 0.500. The number of carbonyl (C=O) groups is 2. The predicted octanol–water partition coefficient (Wildman–Crippen LogP) is 0.947. The first kappa shape index (κ1) is 20.8. The molecule has 0 fully saturated rings. The monoisotopic (exact) mass is 369 g/mol. The smallest absolute Gasteiger partial charge is 0.414 e. The lowest BCUT2D eigenvalue weighted by Crippen LogP contribution is -2.33. The van der Waals surface area contributed by atoms with E-state index < -0.39 is 11.9 Å². The Bertz CT molecular complexity index is 612. The van der Waals surface area contributed by atoms with Crippen molar-refractivity contribution in [1.82, 2.24) is 14.8 Å². The zero-order chi connectivity index (χ0) is 19.0. The summed E-state index contributed by atoms with van der Waals surface area (Å²) in [5.41, 5.74) is 0.926. The van der Waals surface area contributed by atoms with E-state index in [9.17, 15) is 0 Å². The second-order valence-electron chi connectivity index (χ2n) is 5.84. The highest BCUT2D eigenvalue weighted by Crippen LogP contribution is 2.23. The Kier molecular flexibility index (Phi) is 8.23. The summed E-state index contributed by atoms with van der Waals surface area (Å²) in [7, 11) is 6.20. The molecule has 2 heterocycles. The Morgan fingerprint density at radius 1 is 1.40 bits per heavy atom. The third-order valence-corrected chi connectivity index (χ3v) is 3.95. The predicted molar refractivity (Wildman–Crippen MR) is 96.0 cm³/mol. The lowest BCUT2D eigenvalue weighted by molar-refractivity contribution is -0.159. The van der Waals surface area contributed by atoms with Crippen LogP contribution in [0.3, 0.4) is 0 Å². The van der Waals surface area contributed by atoms with Crippen LogP contribution < -0.4 is 4.74 Å². The fourth-order valence-corrected chi connectivity index (χ4v) is 2.45. The van der Waals surface area contributed by atoms with Crippen LogP contribution in [-0.4, -0.2) is 82.3 Å². The molecule has 0 amide bonds. The number of fused-ring (bicyclic) bond motifs is 1. The van der Waals surface area contributed by atoms with E-state index in [0.29, 0.717) is 5.88 Å². The van der Waals surface area contributed by atoms with Crippen molar-refractivity contribution in [2.24, 2.45) is 0 Å². The Labute approximate surface area is 152 Å². The minimum atomic E-state index is -1.82. The summed E-state index contributed by atoms with van der Waals surface area (Å²) in [6, 6.07) is 3.87. The number of thiocarbonyl (C=S) groups is 1. The number of pyridine rings is 1. The number of aromatic nitrogens is 1. The second kappa shape index (κ2) is 9.90. The van der Waals surface area contributed by atoms with Crippen molar-refractivity contribution in [3.8, 4) is 5.88 Å². The van der Waals surface area contributed by atoms with Gasteiger partial charge in [0.05, 0.1) is 12.1 Å². The van der Waals surface area contributed by atoms with Crippen LogP contribution in [0.25, 0.3) is 0 Å². The maximum atomic E-state index is 9.10. The summed E-state index contributed by atoms with van der Waals surface area (Å²) in [5, 5.41) is 14.8. The van der Waals surface area contributed by atoms with Gasteiger partial charge >= 0.3 is 11.9 Å². The number of aliphatic carboxylic acids is 2. The van der Waals surface area contributed by atoms with Crippen LogP contribution in [0.5, 0.6) is 5.88 Å². The standard InChI is InChI=1S/C14H21N3OS.C2H2O4/c1-16(2)9-5-6-11-10-17(3)14(19)12-7-4-8-15-13(12)18-11;3-1(4)2(5)6/h4,7-8,11H,5-6,9-10H2,1-3H3;(H,3,4)(H,5,6). The molecule has 0 saturated heterocycles. The average Bonchev–Trinajstić information content (AvgIpc) is 2.65. The Hall–Kier alpha value is -2.26. The third kappa shape index (κ3) is 7.02. The van der Waals surface area contributed by atoms with Crippen molar-refractivity contribution in [1.29, 1.82) is 0 Å². The molecule has 1 aliphatic heterocycles. The quantitative estimate of drug-likeness (QED) is 0.593. The van der Waals surface area contributed by atoms with Gasteiger partial charge in [0, 0.05) is 13.2 Å². The van der Waals surface area contributed by atoms with Gasteiger partial charge in [0.15, 0.2) is 0 Å². The number of nitrogens with zero attached hydrogens (tertiary/aromatic N) is 3. The molecule has 1 atom stereocenters. The van der Waals surface area contributed by atoms with Gasteiger partial charge in [0.25, 0.3) is 0 Å². The van der Waals surface area contributed by atoms with Crippen LogP contribution >= 0.6 is 12.2 Å². The van der Waals surface area contributed by atoms with Crippen molar-refractivity contribution in [2.45, 2.75) is 18.9 Å². The van der Waals surface area contributed by atoms with E-state index in [0.717, 1.165) is 36.5 Å². The van der Waals surface area contributed by atoms with Crippen LogP contribution in [0.1, 0.15) is 18.4 Å². The zero-order valence-corrected chi connectivity index (χ0v) is 15.3. The average molecular weight is 369 g/mol. The summed E-state index contributed by atoms with van der Waals surface area (Å²) in [6.07, 6.45) is 4.03. The van der Waals surface area contributed by atoms with Crippen LogP contribution in [0.15, 0.2) is 18.3 Å². The molecule has 9 heteroatoms. The van der Waals surface area contributed by atoms with Gasteiger partial charge in [-0.2, -0.15) is 0 Å². The molecular weight excluding hydrogens is 346 g/mol. The Morgan fingerprint density at radius 2 is 2.04 bits per heavy atom. The molecule has 1 aromatic heterocycles. The first-order valence-electron chi connectivity index (χ1n) is 7.70. The van der Waals surface area contributed by atoms with E-state index in [-0.39, 0.29) is 6.10 Å². The minimum Gasteiger partial charge on any atom is -0.473 e. The topological polar surface area (TPSA) is 103 Å². The molecule has 0 spiro atoms. The molecule has 138 valence electrons. The third-order valence-electron chi connectivity index (χ3n) is 3.42. The van der Waals surface area contributed by atoms with Gasteiger partial charge in [-0.25, -0.2) is 14.6 Å². The number of likely N-dealkylation sites (N-methyl/N-ethyl adjacent to an activating group) is 1. The molecule has 2 N–H and O–H groups in total. The molecule has 2 rings (SSSR count). The highest BCUT2D eigenvalue weighted by Gasteiger charge is 2.24. The first-order valence-corrected chi connectivity index (χ1v) is 8.11. The largest absolute Gasteiger partial charge is 0.473 e. The summed E-state index contributed by atoms with van der Waals surface area (Å²) in [4.78, 5) is 27.6.